The van der Waals surface area contributed by atoms with Crippen LogP contribution in [0.15, 0.2) is 80.2 Å². The van der Waals surface area contributed by atoms with E-state index in [4.69, 9.17) is 40.9 Å². The maximum atomic E-state index is 10.0. The number of aliphatic imine (C=N–C) groups is 11. The summed E-state index contributed by atoms with van der Waals surface area (Å²) in [4.78, 5) is 42.9. The van der Waals surface area contributed by atoms with E-state index in [9.17, 15) is 15.3 Å². The summed E-state index contributed by atoms with van der Waals surface area (Å²) >= 11 is 0. The van der Waals surface area contributed by atoms with E-state index in [0.717, 1.165) is 63.7 Å². The minimum Gasteiger partial charge on any atom is -0.391 e. The van der Waals surface area contributed by atoms with Gasteiger partial charge in [0.2, 0.25) is 0 Å². The topological polar surface area (TPSA) is 358 Å². The van der Waals surface area contributed by atoms with Crippen molar-refractivity contribution < 1.29 is 238 Å². The molecule has 0 amide bonds. The SMILES string of the molecule is C=CC(O)C=NC.C=CC(O)C=NCC.CC(C)N=CC(O)[Si](C)(C)C.CC(C)N=CCO.CC(O)C=NC(C)C.CCC(O)C=NC(C)C.CCN=CC(C)O.CCN=CC(O)CC.CCN=CC(O)[Si](C)(C)C.CCN=CC(O)[Si](CC)(CC)CC.CCN=CCO.[Ni].[Ni].[Ni].[Ni].[Ni].[Ni].[Ni].[Ni].[Ni].[Ni].[Ni]. The first kappa shape index (κ1) is 166. The molecule has 0 aliphatic heterocycles. The van der Waals surface area contributed by atoms with Gasteiger partial charge in [-0.05, 0) is 124 Å². The number of aliphatic hydroxyl groups is 11. The number of hydrogen-bond donors (Lipinski definition) is 11. The van der Waals surface area contributed by atoms with Gasteiger partial charge in [-0.2, -0.15) is 0 Å². The molecule has 670 valence electrons. The molecule has 0 rings (SSSR count). The Hall–Kier alpha value is 1.49. The smallest absolute Gasteiger partial charge is 0.107 e. The van der Waals surface area contributed by atoms with Crippen molar-refractivity contribution in [3.8, 4) is 0 Å². The van der Waals surface area contributed by atoms with Gasteiger partial charge in [-0.3, -0.25) is 54.9 Å². The second kappa shape index (κ2) is 126. The summed E-state index contributed by atoms with van der Waals surface area (Å²) in [6, 6.07) is 4.65. The number of aliphatic hydroxyl groups excluding tert-OH is 11. The normalized spacial score (nSPS) is 13.2. The summed E-state index contributed by atoms with van der Waals surface area (Å²) in [6.07, 6.45) is 19.0. The third-order valence-electron chi connectivity index (χ3n) is 11.0. The van der Waals surface area contributed by atoms with Crippen molar-refractivity contribution in [3.63, 3.8) is 0 Å². The standard InChI is InChI=1S/C10H23NOSi.C8H19NOSi.C7H17NOSi.C7H15NO.2C6H13NO.C6H11NO.C5H11NO.C5H9NO.C5H11NO.C4H9NO.11Ni/c1-5-11-9-10(12)13(6-2,7-3)8-4;1-7(2)9-6-8(10)11(3,4)5;1-5-8-6-7(9)10(2,3)4;1-4-7(9)5-8-6(2)3;1-5(2)7-4-6(3)8;2*1-3-6(8)5-7-4-2;1-5(2)6-3-4-7;1-3-5(7)4-6-2;1-3-6-4-5(2)7;1-2-5-3-4-6;;;;;;;;;;;/h9-10,12H,5-8H2,1-4H3;6-8,10H,1-5H3;6-7,9H,5H2,1-4H3;5-7,9H,4H2,1-3H3;4-6,8H,1-3H3;5-6,8H,3-4H2,1-2H3;3,5-6,8H,1,4H2,2H3;3,5,7H,4H2,1-2H3;3-5,7H,1H2,2H3;4-5,7H,3H2,1-2H3;3,6H,2,4H2,1H3;;;;;;;;;;;. The van der Waals surface area contributed by atoms with Gasteiger partial charge >= 0.3 is 0 Å². The third-order valence-corrected chi connectivity index (χ3v) is 20.4. The van der Waals surface area contributed by atoms with Gasteiger partial charge in [0.1, 0.15) is 12.2 Å². The van der Waals surface area contributed by atoms with Crippen LogP contribution in [0.25, 0.3) is 0 Å². The van der Waals surface area contributed by atoms with Crippen LogP contribution in [0.2, 0.25) is 57.4 Å². The van der Waals surface area contributed by atoms with Crippen LogP contribution in [-0.2, 0) is 181 Å². The number of nitrogens with zero attached hydrogens (tertiary/aromatic N) is 11. The van der Waals surface area contributed by atoms with E-state index in [1.54, 1.807) is 58.2 Å². The van der Waals surface area contributed by atoms with Gasteiger partial charge in [0, 0.05) is 320 Å². The molecule has 0 aromatic heterocycles. The molecule has 0 spiro atoms. The van der Waals surface area contributed by atoms with Gasteiger partial charge in [-0.15, -0.1) is 13.2 Å². The van der Waals surface area contributed by atoms with E-state index in [-0.39, 0.29) is 230 Å². The van der Waals surface area contributed by atoms with E-state index in [1.165, 1.54) is 43.2 Å². The molecule has 9 atom stereocenters. The van der Waals surface area contributed by atoms with Crippen LogP contribution in [0.4, 0.5) is 0 Å². The van der Waals surface area contributed by atoms with E-state index < -0.39 is 42.5 Å². The molecule has 36 heteroatoms. The van der Waals surface area contributed by atoms with Crippen LogP contribution in [-0.4, -0.2) is 286 Å². The Morgan fingerprint density at radius 2 is 0.581 bits per heavy atom. The van der Waals surface area contributed by atoms with E-state index in [1.807, 2.05) is 111 Å². The predicted octanol–water partition coefficient (Wildman–Crippen LogP) is 10.3. The molecule has 0 heterocycles. The molecule has 105 heavy (non-hydrogen) atoms. The van der Waals surface area contributed by atoms with Crippen LogP contribution >= 0.6 is 0 Å². The Balaban J connectivity index is -0.0000000359. The van der Waals surface area contributed by atoms with Gasteiger partial charge < -0.3 is 56.2 Å². The van der Waals surface area contributed by atoms with Crippen LogP contribution in [0, 0.1) is 0 Å². The first-order chi connectivity index (χ1) is 43.7. The second-order valence-corrected chi connectivity index (χ2v) is 39.8. The van der Waals surface area contributed by atoms with Crippen LogP contribution in [0.1, 0.15) is 158 Å². The third kappa shape index (κ3) is 170. The Labute approximate surface area is 755 Å². The van der Waals surface area contributed by atoms with Crippen molar-refractivity contribution in [1.82, 2.24) is 0 Å². The maximum absolute atomic E-state index is 10.0. The quantitative estimate of drug-likeness (QED) is 0.0176. The Bertz CT molecular complexity index is 1880. The fourth-order valence-corrected chi connectivity index (χ4v) is 9.11. The van der Waals surface area contributed by atoms with Crippen LogP contribution < -0.4 is 0 Å². The molecule has 0 aliphatic rings. The van der Waals surface area contributed by atoms with Crippen molar-refractivity contribution in [1.29, 1.82) is 0 Å². The molecular weight excluding hydrogens is 1890 g/mol. The van der Waals surface area contributed by atoms with Crippen molar-refractivity contribution in [2.45, 2.75) is 294 Å². The van der Waals surface area contributed by atoms with Crippen LogP contribution in [0.3, 0.4) is 0 Å². The van der Waals surface area contributed by atoms with E-state index in [2.05, 4.69) is 128 Å². The first-order valence-corrected chi connectivity index (χ1v) is 43.6. The molecule has 9 unspecified atom stereocenters. The molecule has 0 aromatic rings. The molecule has 11 N–H and O–H groups in total. The fourth-order valence-electron chi connectivity index (χ4n) is 4.84. The summed E-state index contributed by atoms with van der Waals surface area (Å²) < 4.78 is 0. The molecule has 0 aliphatic carbocycles. The summed E-state index contributed by atoms with van der Waals surface area (Å²) in [5, 5.41) is 97.5. The summed E-state index contributed by atoms with van der Waals surface area (Å²) in [6.45, 7) is 65.5. The molecule has 0 saturated carbocycles. The Morgan fingerprint density at radius 3 is 0.800 bits per heavy atom. The monoisotopic (exact) mass is 2030 g/mol. The first-order valence-electron chi connectivity index (χ1n) is 33.8. The predicted molar refractivity (Wildman–Crippen MR) is 428 cm³/mol. The second-order valence-electron chi connectivity index (χ2n) is 23.7. The molecule has 0 saturated heterocycles. The zero-order chi connectivity index (χ0) is 76.2. The number of hydrogen-bond acceptors (Lipinski definition) is 22. The average molecular weight is 2040 g/mol. The fraction of sp³-hybridized carbons (Fsp3) is 0.783. The summed E-state index contributed by atoms with van der Waals surface area (Å²) in [5.74, 6) is 0. The van der Waals surface area contributed by atoms with E-state index >= 15 is 0 Å². The molecule has 0 bridgehead atoms. The maximum Gasteiger partial charge on any atom is 0.107 e. The zero-order valence-corrected chi connectivity index (χ0v) is 82.3. The number of rotatable bonds is 31. The van der Waals surface area contributed by atoms with Gasteiger partial charge in [0.25, 0.3) is 0 Å². The summed E-state index contributed by atoms with van der Waals surface area (Å²) in [5.41, 5.74) is -0.829. The van der Waals surface area contributed by atoms with Gasteiger partial charge in [-0.25, -0.2) is 0 Å². The van der Waals surface area contributed by atoms with Gasteiger partial charge in [0.15, 0.2) is 0 Å². The average Bonchev–Trinajstić information content (AvgIpc) is 0.864. The molecule has 0 radical (unpaired) electrons. The van der Waals surface area contributed by atoms with Crippen molar-refractivity contribution in [2.75, 3.05) is 59.5 Å². The largest absolute Gasteiger partial charge is 0.391 e. The minimum absolute atomic E-state index is 0. The van der Waals surface area contributed by atoms with Gasteiger partial charge in [0.05, 0.1) is 79.0 Å². The van der Waals surface area contributed by atoms with Crippen LogP contribution in [0.5, 0.6) is 0 Å². The minimum atomic E-state index is -1.45. The van der Waals surface area contributed by atoms with Gasteiger partial charge in [-0.1, -0.05) is 104 Å². The van der Waals surface area contributed by atoms with E-state index in [0.29, 0.717) is 30.7 Å². The van der Waals surface area contributed by atoms with Crippen molar-refractivity contribution >= 4 is 92.6 Å². The molecular formula is C69H151N11Ni11O11Si3. The van der Waals surface area contributed by atoms with Crippen molar-refractivity contribution in [3.05, 3.63) is 25.3 Å². The molecule has 0 aromatic carbocycles. The molecule has 22 nitrogen and oxygen atoms in total. The zero-order valence-electron chi connectivity index (χ0n) is 68.4. The summed E-state index contributed by atoms with van der Waals surface area (Å²) in [7, 11) is -2.66. The Kier molecular flexibility index (Phi) is 200. The Morgan fingerprint density at radius 1 is 0.314 bits per heavy atom. The van der Waals surface area contributed by atoms with Crippen molar-refractivity contribution in [2.24, 2.45) is 54.9 Å². The molecule has 0 fully saturated rings.